The fourth-order valence-corrected chi connectivity index (χ4v) is 2.71. The molecule has 0 saturated heterocycles. The number of anilines is 2. The van der Waals surface area contributed by atoms with E-state index in [1.165, 1.54) is 10.4 Å². The number of rotatable bonds is 3. The van der Waals surface area contributed by atoms with Crippen molar-refractivity contribution in [2.75, 3.05) is 11.1 Å². The van der Waals surface area contributed by atoms with Crippen LogP contribution in [0.5, 0.6) is 0 Å². The van der Waals surface area contributed by atoms with E-state index in [4.69, 9.17) is 5.73 Å². The SMILES string of the molecule is Cc1cc(Br)ccc1NCc1sccc1N. The minimum Gasteiger partial charge on any atom is -0.398 e. The summed E-state index contributed by atoms with van der Waals surface area (Å²) in [6.07, 6.45) is 0. The van der Waals surface area contributed by atoms with Gasteiger partial charge < -0.3 is 11.1 Å². The Hall–Kier alpha value is -1.00. The lowest BCUT2D eigenvalue weighted by molar-refractivity contribution is 1.18. The van der Waals surface area contributed by atoms with Crippen LogP contribution >= 0.6 is 27.3 Å². The first-order chi connectivity index (χ1) is 7.66. The van der Waals surface area contributed by atoms with Gasteiger partial charge in [-0.15, -0.1) is 11.3 Å². The zero-order valence-electron chi connectivity index (χ0n) is 8.96. The number of benzene rings is 1. The maximum atomic E-state index is 5.83. The third kappa shape index (κ3) is 2.57. The average Bonchev–Trinajstić information content (AvgIpc) is 2.63. The molecule has 1 aromatic heterocycles. The van der Waals surface area contributed by atoms with E-state index < -0.39 is 0 Å². The van der Waals surface area contributed by atoms with Gasteiger partial charge in [0.1, 0.15) is 0 Å². The van der Waals surface area contributed by atoms with E-state index >= 15 is 0 Å². The van der Waals surface area contributed by atoms with Gasteiger partial charge in [-0.3, -0.25) is 0 Å². The summed E-state index contributed by atoms with van der Waals surface area (Å²) in [5, 5.41) is 5.41. The summed E-state index contributed by atoms with van der Waals surface area (Å²) in [4.78, 5) is 1.18. The van der Waals surface area contributed by atoms with E-state index in [1.807, 2.05) is 17.5 Å². The molecule has 0 spiro atoms. The van der Waals surface area contributed by atoms with Crippen LogP contribution in [0.15, 0.2) is 34.1 Å². The lowest BCUT2D eigenvalue weighted by Gasteiger charge is -2.09. The Morgan fingerprint density at radius 2 is 2.19 bits per heavy atom. The minimum atomic E-state index is 0.784. The summed E-state index contributed by atoms with van der Waals surface area (Å²) in [6, 6.07) is 8.15. The number of hydrogen-bond donors (Lipinski definition) is 2. The first-order valence-corrected chi connectivity index (χ1v) is 6.66. The van der Waals surface area contributed by atoms with E-state index in [9.17, 15) is 0 Å². The Balaban J connectivity index is 2.08. The van der Waals surface area contributed by atoms with Crippen LogP contribution in [-0.4, -0.2) is 0 Å². The quantitative estimate of drug-likeness (QED) is 0.898. The van der Waals surface area contributed by atoms with Gasteiger partial charge in [0.15, 0.2) is 0 Å². The third-order valence-corrected chi connectivity index (χ3v) is 3.84. The summed E-state index contributed by atoms with van der Waals surface area (Å²) in [5.41, 5.74) is 9.07. The first kappa shape index (κ1) is 11.5. The zero-order valence-corrected chi connectivity index (χ0v) is 11.4. The summed E-state index contributed by atoms with van der Waals surface area (Å²) in [6.45, 7) is 2.87. The van der Waals surface area contributed by atoms with Gasteiger partial charge in [0.05, 0.1) is 6.54 Å². The van der Waals surface area contributed by atoms with Crippen molar-refractivity contribution < 1.29 is 0 Å². The van der Waals surface area contributed by atoms with Gasteiger partial charge in [-0.2, -0.15) is 0 Å². The normalized spacial score (nSPS) is 10.4. The molecule has 0 fully saturated rings. The molecule has 3 N–H and O–H groups in total. The second-order valence-electron chi connectivity index (χ2n) is 3.61. The molecule has 1 heterocycles. The fraction of sp³-hybridized carbons (Fsp3) is 0.167. The standard InChI is InChI=1S/C12H13BrN2S/c1-8-6-9(13)2-3-11(8)15-7-12-10(14)4-5-16-12/h2-6,15H,7,14H2,1H3. The molecule has 2 rings (SSSR count). The summed E-state index contributed by atoms with van der Waals surface area (Å²) in [7, 11) is 0. The molecule has 0 unspecified atom stereocenters. The lowest BCUT2D eigenvalue weighted by atomic mass is 10.2. The van der Waals surface area contributed by atoms with Gasteiger partial charge in [-0.25, -0.2) is 0 Å². The fourth-order valence-electron chi connectivity index (χ4n) is 1.50. The molecule has 84 valence electrons. The van der Waals surface area contributed by atoms with Crippen molar-refractivity contribution >= 4 is 38.6 Å². The molecule has 0 bridgehead atoms. The molecule has 0 radical (unpaired) electrons. The Morgan fingerprint density at radius 1 is 1.38 bits per heavy atom. The van der Waals surface area contributed by atoms with Crippen molar-refractivity contribution in [3.05, 3.63) is 44.6 Å². The maximum Gasteiger partial charge on any atom is 0.0514 e. The number of thiophene rings is 1. The zero-order chi connectivity index (χ0) is 11.5. The molecular weight excluding hydrogens is 284 g/mol. The predicted molar refractivity (Wildman–Crippen MR) is 74.9 cm³/mol. The van der Waals surface area contributed by atoms with Crippen LogP contribution in [0, 0.1) is 6.92 Å². The van der Waals surface area contributed by atoms with E-state index in [1.54, 1.807) is 11.3 Å². The number of halogens is 1. The van der Waals surface area contributed by atoms with E-state index in [2.05, 4.69) is 40.3 Å². The Morgan fingerprint density at radius 3 is 2.81 bits per heavy atom. The monoisotopic (exact) mass is 296 g/mol. The number of nitrogens with one attached hydrogen (secondary N) is 1. The summed E-state index contributed by atoms with van der Waals surface area (Å²) >= 11 is 5.13. The van der Waals surface area contributed by atoms with Crippen molar-refractivity contribution in [2.24, 2.45) is 0 Å². The van der Waals surface area contributed by atoms with E-state index in [0.29, 0.717) is 0 Å². The highest BCUT2D eigenvalue weighted by Gasteiger charge is 2.02. The molecule has 1 aromatic carbocycles. The van der Waals surface area contributed by atoms with Crippen LogP contribution in [0.2, 0.25) is 0 Å². The van der Waals surface area contributed by atoms with Gasteiger partial charge >= 0.3 is 0 Å². The average molecular weight is 297 g/mol. The van der Waals surface area contributed by atoms with Crippen LogP contribution in [0.25, 0.3) is 0 Å². The first-order valence-electron chi connectivity index (χ1n) is 4.98. The molecule has 2 aromatic rings. The summed E-state index contributed by atoms with van der Waals surface area (Å²) < 4.78 is 1.10. The highest BCUT2D eigenvalue weighted by molar-refractivity contribution is 9.10. The van der Waals surface area contributed by atoms with Crippen LogP contribution in [0.3, 0.4) is 0 Å². The number of hydrogen-bond acceptors (Lipinski definition) is 3. The van der Waals surface area contributed by atoms with Gasteiger partial charge in [0, 0.05) is 20.7 Å². The minimum absolute atomic E-state index is 0.784. The van der Waals surface area contributed by atoms with Crippen molar-refractivity contribution in [2.45, 2.75) is 13.5 Å². The molecule has 0 amide bonds. The number of nitrogens with two attached hydrogens (primary N) is 1. The number of aryl methyl sites for hydroxylation is 1. The highest BCUT2D eigenvalue weighted by Crippen LogP contribution is 2.23. The Kier molecular flexibility index (Phi) is 3.51. The molecule has 4 heteroatoms. The Bertz CT molecular complexity index is 494. The molecule has 16 heavy (non-hydrogen) atoms. The molecule has 0 saturated carbocycles. The van der Waals surface area contributed by atoms with Gasteiger partial charge in [0.25, 0.3) is 0 Å². The van der Waals surface area contributed by atoms with Gasteiger partial charge in [-0.05, 0) is 42.1 Å². The van der Waals surface area contributed by atoms with Crippen LogP contribution in [0.1, 0.15) is 10.4 Å². The Labute approximate surface area is 108 Å². The van der Waals surface area contributed by atoms with Crippen LogP contribution in [0.4, 0.5) is 11.4 Å². The van der Waals surface area contributed by atoms with Crippen molar-refractivity contribution in [3.63, 3.8) is 0 Å². The van der Waals surface area contributed by atoms with E-state index in [-0.39, 0.29) is 0 Å². The second-order valence-corrected chi connectivity index (χ2v) is 5.53. The van der Waals surface area contributed by atoms with Crippen LogP contribution in [-0.2, 0) is 6.54 Å². The summed E-state index contributed by atoms with van der Waals surface area (Å²) in [5.74, 6) is 0. The van der Waals surface area contributed by atoms with Crippen molar-refractivity contribution in [1.82, 2.24) is 0 Å². The highest BCUT2D eigenvalue weighted by atomic mass is 79.9. The maximum absolute atomic E-state index is 5.83. The largest absolute Gasteiger partial charge is 0.398 e. The molecule has 0 aliphatic heterocycles. The molecular formula is C12H13BrN2S. The molecule has 0 atom stereocenters. The van der Waals surface area contributed by atoms with Crippen LogP contribution < -0.4 is 11.1 Å². The topological polar surface area (TPSA) is 38.0 Å². The van der Waals surface area contributed by atoms with Crippen molar-refractivity contribution in [1.29, 1.82) is 0 Å². The molecule has 2 nitrogen and oxygen atoms in total. The van der Waals surface area contributed by atoms with Gasteiger partial charge in [-0.1, -0.05) is 15.9 Å². The predicted octanol–water partition coefficient (Wildman–Crippen LogP) is 4.01. The molecule has 0 aliphatic rings. The van der Waals surface area contributed by atoms with E-state index in [0.717, 1.165) is 22.4 Å². The second kappa shape index (κ2) is 4.89. The molecule has 0 aliphatic carbocycles. The van der Waals surface area contributed by atoms with Gasteiger partial charge in [0.2, 0.25) is 0 Å². The smallest absolute Gasteiger partial charge is 0.0514 e. The third-order valence-electron chi connectivity index (χ3n) is 2.41. The number of nitrogen functional groups attached to an aromatic ring is 1. The van der Waals surface area contributed by atoms with Crippen molar-refractivity contribution in [3.8, 4) is 0 Å². The lowest BCUT2D eigenvalue weighted by Crippen LogP contribution is -2.01.